The number of rotatable bonds is 5. The van der Waals surface area contributed by atoms with E-state index in [1.807, 2.05) is 30.3 Å². The molecule has 2 N–H and O–H groups in total. The van der Waals surface area contributed by atoms with E-state index in [9.17, 15) is 4.79 Å². The Kier molecular flexibility index (Phi) is 5.59. The molecule has 0 unspecified atom stereocenters. The zero-order valence-electron chi connectivity index (χ0n) is 13.6. The van der Waals surface area contributed by atoms with Crippen molar-refractivity contribution in [2.75, 3.05) is 35.2 Å². The van der Waals surface area contributed by atoms with Crippen LogP contribution in [0.1, 0.15) is 19.3 Å². The van der Waals surface area contributed by atoms with Gasteiger partial charge in [-0.15, -0.1) is 0 Å². The number of hydrogen-bond donors (Lipinski definition) is 2. The summed E-state index contributed by atoms with van der Waals surface area (Å²) < 4.78 is 0. The Bertz CT molecular complexity index is 699. The molecule has 1 amide bonds. The third kappa shape index (κ3) is 4.42. The van der Waals surface area contributed by atoms with Gasteiger partial charge >= 0.3 is 0 Å². The number of carbonyl (C=O) groups is 1. The molecule has 1 aliphatic heterocycles. The molecule has 126 valence electrons. The number of para-hydroxylation sites is 2. The van der Waals surface area contributed by atoms with E-state index < -0.39 is 0 Å². The molecule has 0 aliphatic carbocycles. The highest BCUT2D eigenvalue weighted by Gasteiger charge is 2.14. The molecule has 1 aliphatic rings. The van der Waals surface area contributed by atoms with Crippen LogP contribution in [-0.4, -0.2) is 25.5 Å². The average molecular weight is 344 g/mol. The van der Waals surface area contributed by atoms with Crippen LogP contribution in [0.4, 0.5) is 17.1 Å². The fraction of sp³-hybridized carbons (Fsp3) is 0.316. The first-order valence-corrected chi connectivity index (χ1v) is 8.73. The normalized spacial score (nSPS) is 14.3. The lowest BCUT2D eigenvalue weighted by atomic mass is 10.1. The second kappa shape index (κ2) is 8.06. The van der Waals surface area contributed by atoms with Gasteiger partial charge in [0, 0.05) is 23.8 Å². The minimum Gasteiger partial charge on any atom is -0.374 e. The molecule has 1 saturated heterocycles. The molecule has 1 heterocycles. The van der Waals surface area contributed by atoms with Crippen LogP contribution in [0.5, 0.6) is 0 Å². The summed E-state index contributed by atoms with van der Waals surface area (Å²) in [5, 5.41) is 6.72. The number of benzene rings is 2. The summed E-state index contributed by atoms with van der Waals surface area (Å²) in [7, 11) is 0. The molecule has 2 aromatic rings. The second-order valence-corrected chi connectivity index (χ2v) is 6.41. The molecular formula is C19H22ClN3O. The van der Waals surface area contributed by atoms with Crippen molar-refractivity contribution in [2.24, 2.45) is 0 Å². The van der Waals surface area contributed by atoms with Gasteiger partial charge in [0.15, 0.2) is 0 Å². The van der Waals surface area contributed by atoms with E-state index in [-0.39, 0.29) is 12.5 Å². The number of nitrogens with zero attached hydrogens (tertiary/aromatic N) is 1. The van der Waals surface area contributed by atoms with Crippen molar-refractivity contribution >= 4 is 34.6 Å². The average Bonchev–Trinajstić information content (AvgIpc) is 2.61. The number of anilines is 3. The summed E-state index contributed by atoms with van der Waals surface area (Å²) >= 11 is 5.94. The summed E-state index contributed by atoms with van der Waals surface area (Å²) in [6, 6.07) is 15.3. The van der Waals surface area contributed by atoms with Gasteiger partial charge in [0.2, 0.25) is 5.91 Å². The van der Waals surface area contributed by atoms with Crippen LogP contribution in [0, 0.1) is 0 Å². The number of carbonyl (C=O) groups excluding carboxylic acids is 1. The molecular weight excluding hydrogens is 322 g/mol. The molecule has 0 aromatic heterocycles. The lowest BCUT2D eigenvalue weighted by Crippen LogP contribution is -2.30. The molecule has 2 aromatic carbocycles. The standard InChI is InChI=1S/C19H22ClN3O/c20-15-7-6-8-16(13-15)22-19(24)14-21-17-9-2-3-10-18(17)23-11-4-1-5-12-23/h2-3,6-10,13,21H,1,4-5,11-12,14H2,(H,22,24). The van der Waals surface area contributed by atoms with Crippen LogP contribution in [-0.2, 0) is 4.79 Å². The molecule has 1 fully saturated rings. The van der Waals surface area contributed by atoms with E-state index in [1.165, 1.54) is 24.9 Å². The number of nitrogens with one attached hydrogen (secondary N) is 2. The zero-order chi connectivity index (χ0) is 16.8. The number of piperidine rings is 1. The molecule has 4 nitrogen and oxygen atoms in total. The number of amides is 1. The smallest absolute Gasteiger partial charge is 0.243 e. The van der Waals surface area contributed by atoms with Crippen molar-refractivity contribution < 1.29 is 4.79 Å². The third-order valence-electron chi connectivity index (χ3n) is 4.15. The number of hydrogen-bond acceptors (Lipinski definition) is 3. The van der Waals surface area contributed by atoms with Gasteiger partial charge in [-0.25, -0.2) is 0 Å². The van der Waals surface area contributed by atoms with Crippen molar-refractivity contribution in [1.29, 1.82) is 0 Å². The topological polar surface area (TPSA) is 44.4 Å². The fourth-order valence-electron chi connectivity index (χ4n) is 2.98. The van der Waals surface area contributed by atoms with Crippen LogP contribution in [0.15, 0.2) is 48.5 Å². The first kappa shape index (κ1) is 16.7. The monoisotopic (exact) mass is 343 g/mol. The Morgan fingerprint density at radius 1 is 1.04 bits per heavy atom. The molecule has 24 heavy (non-hydrogen) atoms. The highest BCUT2D eigenvalue weighted by Crippen LogP contribution is 2.28. The van der Waals surface area contributed by atoms with Crippen LogP contribution in [0.25, 0.3) is 0 Å². The predicted molar refractivity (Wildman–Crippen MR) is 101 cm³/mol. The summed E-state index contributed by atoms with van der Waals surface area (Å²) in [5.74, 6) is -0.0919. The molecule has 0 spiro atoms. The van der Waals surface area contributed by atoms with Crippen molar-refractivity contribution in [3.63, 3.8) is 0 Å². The third-order valence-corrected chi connectivity index (χ3v) is 4.38. The molecule has 3 rings (SSSR count). The SMILES string of the molecule is O=C(CNc1ccccc1N1CCCCC1)Nc1cccc(Cl)c1. The zero-order valence-corrected chi connectivity index (χ0v) is 14.4. The van der Waals surface area contributed by atoms with Gasteiger partial charge < -0.3 is 15.5 Å². The van der Waals surface area contributed by atoms with Gasteiger partial charge in [0.1, 0.15) is 0 Å². The van der Waals surface area contributed by atoms with E-state index in [0.29, 0.717) is 10.7 Å². The van der Waals surface area contributed by atoms with Gasteiger partial charge in [-0.05, 0) is 49.6 Å². The van der Waals surface area contributed by atoms with E-state index in [1.54, 1.807) is 12.1 Å². The van der Waals surface area contributed by atoms with Crippen molar-refractivity contribution in [3.05, 3.63) is 53.6 Å². The second-order valence-electron chi connectivity index (χ2n) is 5.98. The Balaban J connectivity index is 1.61. The first-order valence-electron chi connectivity index (χ1n) is 8.35. The maximum atomic E-state index is 12.2. The Morgan fingerprint density at radius 2 is 1.83 bits per heavy atom. The van der Waals surface area contributed by atoms with Gasteiger partial charge in [-0.2, -0.15) is 0 Å². The molecule has 0 radical (unpaired) electrons. The largest absolute Gasteiger partial charge is 0.374 e. The maximum absolute atomic E-state index is 12.2. The Hall–Kier alpha value is -2.20. The summed E-state index contributed by atoms with van der Waals surface area (Å²) in [6.45, 7) is 2.37. The summed E-state index contributed by atoms with van der Waals surface area (Å²) in [4.78, 5) is 14.5. The van der Waals surface area contributed by atoms with Gasteiger partial charge in [-0.3, -0.25) is 4.79 Å². The fourth-order valence-corrected chi connectivity index (χ4v) is 3.17. The minimum atomic E-state index is -0.0919. The van der Waals surface area contributed by atoms with Crippen molar-refractivity contribution in [2.45, 2.75) is 19.3 Å². The van der Waals surface area contributed by atoms with E-state index in [2.05, 4.69) is 21.6 Å². The highest BCUT2D eigenvalue weighted by molar-refractivity contribution is 6.30. The summed E-state index contributed by atoms with van der Waals surface area (Å²) in [6.07, 6.45) is 3.75. The lowest BCUT2D eigenvalue weighted by molar-refractivity contribution is -0.114. The number of halogens is 1. The van der Waals surface area contributed by atoms with Crippen molar-refractivity contribution in [3.8, 4) is 0 Å². The molecule has 0 atom stereocenters. The minimum absolute atomic E-state index is 0.0919. The Labute approximate surface area is 147 Å². The van der Waals surface area contributed by atoms with E-state index in [0.717, 1.165) is 18.8 Å². The van der Waals surface area contributed by atoms with Crippen LogP contribution < -0.4 is 15.5 Å². The Morgan fingerprint density at radius 3 is 2.62 bits per heavy atom. The lowest BCUT2D eigenvalue weighted by Gasteiger charge is -2.30. The van der Waals surface area contributed by atoms with Crippen molar-refractivity contribution in [1.82, 2.24) is 0 Å². The molecule has 0 saturated carbocycles. The highest BCUT2D eigenvalue weighted by atomic mass is 35.5. The van der Waals surface area contributed by atoms with E-state index in [4.69, 9.17) is 11.6 Å². The van der Waals surface area contributed by atoms with E-state index >= 15 is 0 Å². The van der Waals surface area contributed by atoms with Gasteiger partial charge in [-0.1, -0.05) is 29.8 Å². The van der Waals surface area contributed by atoms with Crippen LogP contribution in [0.2, 0.25) is 5.02 Å². The van der Waals surface area contributed by atoms with Gasteiger partial charge in [0.25, 0.3) is 0 Å². The predicted octanol–water partition coefficient (Wildman–Crippen LogP) is 4.38. The molecule has 5 heteroatoms. The van der Waals surface area contributed by atoms with Crippen LogP contribution >= 0.6 is 11.6 Å². The first-order chi connectivity index (χ1) is 11.7. The maximum Gasteiger partial charge on any atom is 0.243 e. The quantitative estimate of drug-likeness (QED) is 0.846. The van der Waals surface area contributed by atoms with Crippen LogP contribution in [0.3, 0.4) is 0 Å². The molecule has 0 bridgehead atoms. The van der Waals surface area contributed by atoms with Gasteiger partial charge in [0.05, 0.1) is 17.9 Å². The summed E-state index contributed by atoms with van der Waals surface area (Å²) in [5.41, 5.74) is 2.88.